The van der Waals surface area contributed by atoms with Crippen molar-refractivity contribution in [2.75, 3.05) is 0 Å². The monoisotopic (exact) mass is 228 g/mol. The highest BCUT2D eigenvalue weighted by molar-refractivity contribution is 6.22. The molecule has 0 heterocycles. The van der Waals surface area contributed by atoms with Gasteiger partial charge in [-0.05, 0) is 30.9 Å². The fraction of sp³-hybridized carbons (Fsp3) is 0.333. The maximum absolute atomic E-state index is 13.6. The van der Waals surface area contributed by atoms with Crippen LogP contribution >= 0.6 is 11.6 Å². The highest BCUT2D eigenvalue weighted by Gasteiger charge is 2.19. The molecular formula is C12H11ClF2. The molecule has 80 valence electrons. The fourth-order valence-electron chi connectivity index (χ4n) is 1.80. The minimum Gasteiger partial charge on any atom is -0.203 e. The Morgan fingerprint density at radius 1 is 1.27 bits per heavy atom. The number of aryl methyl sites for hydroxylation is 1. The van der Waals surface area contributed by atoms with Crippen molar-refractivity contribution in [3.63, 3.8) is 0 Å². The van der Waals surface area contributed by atoms with Crippen LogP contribution in [0.25, 0.3) is 5.57 Å². The molecule has 1 aliphatic carbocycles. The third-order valence-electron chi connectivity index (χ3n) is 2.69. The molecule has 1 aliphatic rings. The molecule has 15 heavy (non-hydrogen) atoms. The van der Waals surface area contributed by atoms with Crippen LogP contribution in [0.5, 0.6) is 0 Å². The molecule has 0 saturated heterocycles. The van der Waals surface area contributed by atoms with Gasteiger partial charge in [-0.25, -0.2) is 8.78 Å². The summed E-state index contributed by atoms with van der Waals surface area (Å²) in [4.78, 5) is 0. The van der Waals surface area contributed by atoms with Gasteiger partial charge in [0.2, 0.25) is 0 Å². The number of allylic oxidation sites excluding steroid dienone is 2. The number of halogens is 3. The minimum absolute atomic E-state index is 0.0521. The molecule has 0 nitrogen and oxygen atoms in total. The van der Waals surface area contributed by atoms with Crippen molar-refractivity contribution in [3.05, 3.63) is 41.0 Å². The summed E-state index contributed by atoms with van der Waals surface area (Å²) in [6, 6.07) is 3.21. The summed E-state index contributed by atoms with van der Waals surface area (Å²) < 4.78 is 26.9. The number of hydrogen-bond acceptors (Lipinski definition) is 0. The average molecular weight is 229 g/mol. The molecule has 1 aromatic carbocycles. The van der Waals surface area contributed by atoms with E-state index in [9.17, 15) is 8.78 Å². The molecule has 0 fully saturated rings. The van der Waals surface area contributed by atoms with E-state index in [4.69, 9.17) is 11.6 Å². The lowest BCUT2D eigenvalue weighted by Gasteiger charge is -2.06. The maximum atomic E-state index is 13.6. The number of hydrogen-bond donors (Lipinski definition) is 0. The van der Waals surface area contributed by atoms with Crippen LogP contribution in [0, 0.1) is 18.6 Å². The number of benzene rings is 1. The van der Waals surface area contributed by atoms with Crippen molar-refractivity contribution in [1.29, 1.82) is 0 Å². The quantitative estimate of drug-likeness (QED) is 0.636. The second-order valence-electron chi connectivity index (χ2n) is 3.80. The molecule has 0 aliphatic heterocycles. The average Bonchev–Trinajstić information content (AvgIpc) is 2.61. The van der Waals surface area contributed by atoms with Crippen LogP contribution in [0.1, 0.15) is 24.0 Å². The summed E-state index contributed by atoms with van der Waals surface area (Å²) in [6.45, 7) is 1.55. The van der Waals surface area contributed by atoms with Crippen molar-refractivity contribution in [2.45, 2.75) is 25.1 Å². The first-order valence-electron chi connectivity index (χ1n) is 4.89. The predicted molar refractivity (Wildman–Crippen MR) is 57.9 cm³/mol. The van der Waals surface area contributed by atoms with Gasteiger partial charge >= 0.3 is 0 Å². The third kappa shape index (κ3) is 1.91. The Balaban J connectivity index is 2.46. The van der Waals surface area contributed by atoms with E-state index in [0.717, 1.165) is 12.0 Å². The van der Waals surface area contributed by atoms with Crippen molar-refractivity contribution in [2.24, 2.45) is 0 Å². The van der Waals surface area contributed by atoms with E-state index in [0.29, 0.717) is 17.5 Å². The molecule has 0 bridgehead atoms. The first-order valence-corrected chi connectivity index (χ1v) is 5.33. The standard InChI is InChI=1S/C12H11ClF2/c1-7-2-5-10(12(15)11(7)14)8-3-4-9(13)6-8/h2,5-6,9H,3-4H2,1H3. The molecule has 0 saturated carbocycles. The molecular weight excluding hydrogens is 218 g/mol. The number of alkyl halides is 1. The van der Waals surface area contributed by atoms with Gasteiger partial charge in [0.05, 0.1) is 5.38 Å². The van der Waals surface area contributed by atoms with E-state index in [2.05, 4.69) is 0 Å². The van der Waals surface area contributed by atoms with Gasteiger partial charge in [0.15, 0.2) is 11.6 Å². The summed E-state index contributed by atoms with van der Waals surface area (Å²) in [7, 11) is 0. The zero-order chi connectivity index (χ0) is 11.0. The summed E-state index contributed by atoms with van der Waals surface area (Å²) in [5.41, 5.74) is 1.49. The van der Waals surface area contributed by atoms with Crippen molar-refractivity contribution in [3.8, 4) is 0 Å². The fourth-order valence-corrected chi connectivity index (χ4v) is 2.06. The van der Waals surface area contributed by atoms with E-state index >= 15 is 0 Å². The molecule has 2 rings (SSSR count). The van der Waals surface area contributed by atoms with Gasteiger partial charge in [0, 0.05) is 5.56 Å². The molecule has 0 spiro atoms. The van der Waals surface area contributed by atoms with Gasteiger partial charge in [-0.15, -0.1) is 11.6 Å². The van der Waals surface area contributed by atoms with Gasteiger partial charge in [-0.2, -0.15) is 0 Å². The summed E-state index contributed by atoms with van der Waals surface area (Å²) in [5.74, 6) is -1.52. The van der Waals surface area contributed by atoms with Crippen molar-refractivity contribution in [1.82, 2.24) is 0 Å². The second-order valence-corrected chi connectivity index (χ2v) is 4.37. The highest BCUT2D eigenvalue weighted by atomic mass is 35.5. The van der Waals surface area contributed by atoms with Crippen LogP contribution < -0.4 is 0 Å². The molecule has 3 heteroatoms. The Bertz CT molecular complexity index is 424. The van der Waals surface area contributed by atoms with E-state index in [1.165, 1.54) is 0 Å². The van der Waals surface area contributed by atoms with Crippen LogP contribution in [-0.2, 0) is 0 Å². The van der Waals surface area contributed by atoms with Gasteiger partial charge in [0.1, 0.15) is 0 Å². The molecule has 0 N–H and O–H groups in total. The lowest BCUT2D eigenvalue weighted by atomic mass is 10.0. The zero-order valence-corrected chi connectivity index (χ0v) is 9.11. The predicted octanol–water partition coefficient (Wildman–Crippen LogP) is 4.06. The lowest BCUT2D eigenvalue weighted by Crippen LogP contribution is -1.95. The second kappa shape index (κ2) is 3.93. The SMILES string of the molecule is Cc1ccc(C2=CC(Cl)CC2)c(F)c1F. The Morgan fingerprint density at radius 3 is 2.60 bits per heavy atom. The summed E-state index contributed by atoms with van der Waals surface area (Å²) >= 11 is 5.89. The first kappa shape index (κ1) is 10.6. The Kier molecular flexibility index (Phi) is 2.79. The number of rotatable bonds is 1. The van der Waals surface area contributed by atoms with Gasteiger partial charge in [0.25, 0.3) is 0 Å². The Hall–Kier alpha value is -0.890. The zero-order valence-electron chi connectivity index (χ0n) is 8.36. The molecule has 1 unspecified atom stereocenters. The smallest absolute Gasteiger partial charge is 0.166 e. The van der Waals surface area contributed by atoms with Gasteiger partial charge in [-0.3, -0.25) is 0 Å². The van der Waals surface area contributed by atoms with E-state index in [1.54, 1.807) is 25.1 Å². The maximum Gasteiger partial charge on any atom is 0.166 e. The summed E-state index contributed by atoms with van der Waals surface area (Å²) in [5, 5.41) is -0.0521. The molecule has 1 atom stereocenters. The van der Waals surface area contributed by atoms with Crippen LogP contribution in [-0.4, -0.2) is 5.38 Å². The van der Waals surface area contributed by atoms with E-state index in [1.807, 2.05) is 0 Å². The van der Waals surface area contributed by atoms with E-state index in [-0.39, 0.29) is 5.38 Å². The van der Waals surface area contributed by atoms with Crippen molar-refractivity contribution >= 4 is 17.2 Å². The first-order chi connectivity index (χ1) is 7.09. The van der Waals surface area contributed by atoms with Crippen LogP contribution in [0.15, 0.2) is 18.2 Å². The third-order valence-corrected chi connectivity index (χ3v) is 3.04. The van der Waals surface area contributed by atoms with Crippen LogP contribution in [0.3, 0.4) is 0 Å². The van der Waals surface area contributed by atoms with Crippen LogP contribution in [0.2, 0.25) is 0 Å². The molecule has 1 aromatic rings. The highest BCUT2D eigenvalue weighted by Crippen LogP contribution is 2.33. The van der Waals surface area contributed by atoms with Gasteiger partial charge in [-0.1, -0.05) is 18.2 Å². The van der Waals surface area contributed by atoms with Crippen LogP contribution in [0.4, 0.5) is 8.78 Å². The normalized spacial score (nSPS) is 20.5. The van der Waals surface area contributed by atoms with E-state index < -0.39 is 11.6 Å². The Labute approximate surface area is 92.6 Å². The molecule has 0 radical (unpaired) electrons. The lowest BCUT2D eigenvalue weighted by molar-refractivity contribution is 0.500. The molecule has 0 aromatic heterocycles. The van der Waals surface area contributed by atoms with Crippen molar-refractivity contribution < 1.29 is 8.78 Å². The largest absolute Gasteiger partial charge is 0.203 e. The van der Waals surface area contributed by atoms with Gasteiger partial charge < -0.3 is 0 Å². The topological polar surface area (TPSA) is 0 Å². The summed E-state index contributed by atoms with van der Waals surface area (Å²) in [6.07, 6.45) is 3.31. The minimum atomic E-state index is -0.758. The molecule has 0 amide bonds. The Morgan fingerprint density at radius 2 is 2.00 bits per heavy atom.